The van der Waals surface area contributed by atoms with Gasteiger partial charge in [0, 0.05) is 16.9 Å². The van der Waals surface area contributed by atoms with Crippen molar-refractivity contribution in [1.82, 2.24) is 0 Å². The summed E-state index contributed by atoms with van der Waals surface area (Å²) in [4.78, 5) is 2.56. The van der Waals surface area contributed by atoms with Crippen molar-refractivity contribution < 1.29 is 4.74 Å². The van der Waals surface area contributed by atoms with Crippen LogP contribution in [0, 0.1) is 6.92 Å². The fraction of sp³-hybridized carbons (Fsp3) is 0.362. The second-order valence-corrected chi connectivity index (χ2v) is 18.9. The van der Waals surface area contributed by atoms with Crippen molar-refractivity contribution in [1.29, 1.82) is 0 Å². The number of ether oxygens (including phenoxy) is 1. The summed E-state index contributed by atoms with van der Waals surface area (Å²) in [5, 5.41) is 0. The highest BCUT2D eigenvalue weighted by Gasteiger charge is 2.43. The van der Waals surface area contributed by atoms with Gasteiger partial charge in [0.2, 0.25) is 0 Å². The average Bonchev–Trinajstić information content (AvgIpc) is 3.02. The number of fused-ring (bicyclic) bond motifs is 4. The highest BCUT2D eigenvalue weighted by Crippen LogP contribution is 2.47. The van der Waals surface area contributed by atoms with Crippen molar-refractivity contribution in [3.05, 3.63) is 119 Å². The molecule has 5 aromatic rings. The lowest BCUT2D eigenvalue weighted by Crippen LogP contribution is -2.59. The maximum Gasteiger partial charge on any atom is 0.256 e. The number of anilines is 3. The van der Waals surface area contributed by atoms with Crippen LogP contribution >= 0.6 is 0 Å². The molecule has 3 heteroatoms. The summed E-state index contributed by atoms with van der Waals surface area (Å²) in [6, 6.07) is 35.0. The van der Waals surface area contributed by atoms with Gasteiger partial charge in [0.1, 0.15) is 11.5 Å². The number of hydrogen-bond acceptors (Lipinski definition) is 2. The molecule has 0 atom stereocenters. The first-order chi connectivity index (χ1) is 23.2. The second-order valence-electron chi connectivity index (χ2n) is 18.9. The molecule has 2 aliphatic heterocycles. The Hall–Kier alpha value is -4.24. The van der Waals surface area contributed by atoms with Crippen molar-refractivity contribution in [2.45, 2.75) is 112 Å². The van der Waals surface area contributed by atoms with Crippen LogP contribution in [0.5, 0.6) is 11.5 Å². The number of hydrogen-bond donors (Lipinski definition) is 0. The van der Waals surface area contributed by atoms with Gasteiger partial charge >= 0.3 is 0 Å². The Balaban J connectivity index is 1.57. The van der Waals surface area contributed by atoms with Crippen LogP contribution in [0.25, 0.3) is 11.1 Å². The minimum atomic E-state index is -0.00824. The zero-order valence-electron chi connectivity index (χ0n) is 32.6. The molecule has 0 fully saturated rings. The van der Waals surface area contributed by atoms with E-state index in [1.165, 1.54) is 72.4 Å². The molecule has 0 saturated carbocycles. The fourth-order valence-electron chi connectivity index (χ4n) is 7.66. The highest BCUT2D eigenvalue weighted by molar-refractivity contribution is 6.99. The molecule has 50 heavy (non-hydrogen) atoms. The third-order valence-corrected chi connectivity index (χ3v) is 10.8. The first kappa shape index (κ1) is 34.2. The number of benzene rings is 5. The van der Waals surface area contributed by atoms with E-state index < -0.39 is 0 Å². The Morgan fingerprint density at radius 3 is 1.72 bits per heavy atom. The van der Waals surface area contributed by atoms with E-state index >= 15 is 0 Å². The number of rotatable bonds is 2. The molecule has 0 bridgehead atoms. The Morgan fingerprint density at radius 1 is 0.480 bits per heavy atom. The Morgan fingerprint density at radius 2 is 1.06 bits per heavy atom. The van der Waals surface area contributed by atoms with E-state index in [1.54, 1.807) is 0 Å². The quantitative estimate of drug-likeness (QED) is 0.171. The molecule has 0 aliphatic carbocycles. The van der Waals surface area contributed by atoms with Gasteiger partial charge in [-0.25, -0.2) is 0 Å². The smallest absolute Gasteiger partial charge is 0.256 e. The van der Waals surface area contributed by atoms with Crippen molar-refractivity contribution in [3.63, 3.8) is 0 Å². The van der Waals surface area contributed by atoms with Gasteiger partial charge in [-0.05, 0) is 115 Å². The van der Waals surface area contributed by atoms with Crippen LogP contribution < -0.4 is 26.0 Å². The van der Waals surface area contributed by atoms with Crippen molar-refractivity contribution >= 4 is 40.2 Å². The van der Waals surface area contributed by atoms with Crippen LogP contribution in [-0.4, -0.2) is 6.71 Å². The normalized spacial score (nSPS) is 14.2. The first-order valence-corrected chi connectivity index (χ1v) is 18.4. The minimum absolute atomic E-state index is 0.00400. The maximum absolute atomic E-state index is 6.86. The monoisotopic (exact) mass is 659 g/mol. The summed E-state index contributed by atoms with van der Waals surface area (Å²) in [7, 11) is 0. The molecule has 0 saturated heterocycles. The molecule has 0 aromatic heterocycles. The molecule has 2 aliphatic rings. The Bertz CT molecular complexity index is 2140. The van der Waals surface area contributed by atoms with Crippen molar-refractivity contribution in [2.75, 3.05) is 4.90 Å². The molecule has 0 unspecified atom stereocenters. The molecule has 0 N–H and O–H groups in total. The van der Waals surface area contributed by atoms with E-state index in [0.29, 0.717) is 0 Å². The van der Waals surface area contributed by atoms with Gasteiger partial charge < -0.3 is 9.64 Å². The lowest BCUT2D eigenvalue weighted by atomic mass is 9.34. The lowest BCUT2D eigenvalue weighted by molar-refractivity contribution is 0.486. The summed E-state index contributed by atoms with van der Waals surface area (Å²) in [6.45, 7) is 29.9. The van der Waals surface area contributed by atoms with Crippen LogP contribution in [-0.2, 0) is 21.7 Å². The van der Waals surface area contributed by atoms with Crippen LogP contribution in [0.15, 0.2) is 91.0 Å². The summed E-state index contributed by atoms with van der Waals surface area (Å²) in [6.07, 6.45) is 0. The molecular formula is C47H54BNO. The number of aryl methyl sites for hydroxylation is 1. The van der Waals surface area contributed by atoms with Crippen LogP contribution in [0.1, 0.15) is 111 Å². The maximum atomic E-state index is 6.86. The summed E-state index contributed by atoms with van der Waals surface area (Å²) < 4.78 is 6.86. The zero-order valence-corrected chi connectivity index (χ0v) is 32.6. The summed E-state index contributed by atoms with van der Waals surface area (Å²) >= 11 is 0. The summed E-state index contributed by atoms with van der Waals surface area (Å²) in [5.41, 5.74) is 16.5. The predicted molar refractivity (Wildman–Crippen MR) is 217 cm³/mol. The van der Waals surface area contributed by atoms with Gasteiger partial charge in [-0.2, -0.15) is 0 Å². The molecule has 0 amide bonds. The molecule has 2 heterocycles. The summed E-state index contributed by atoms with van der Waals surface area (Å²) in [5.74, 6) is 1.92. The standard InChI is InChI=1S/C47H54BNO/c1-29-23-40-43-42(24-29)50-41-22-19-33(46(8,9)10)27-37(41)48(43)36-20-17-34(47(11,12)13)28-39(36)49(40)38-21-18-32(45(5,6)7)26-35(38)30-15-14-16-31(25-30)44(2,3)4/h14-28H,1-13H3. The topological polar surface area (TPSA) is 12.5 Å². The van der Waals surface area contributed by atoms with Crippen LogP contribution in [0.2, 0.25) is 0 Å². The van der Waals surface area contributed by atoms with Crippen LogP contribution in [0.3, 0.4) is 0 Å². The predicted octanol–water partition coefficient (Wildman–Crippen LogP) is 11.3. The van der Waals surface area contributed by atoms with Gasteiger partial charge in [0.05, 0.1) is 5.69 Å². The molecule has 7 rings (SSSR count). The molecule has 2 nitrogen and oxygen atoms in total. The molecular weight excluding hydrogens is 605 g/mol. The molecule has 0 spiro atoms. The Kier molecular flexibility index (Phi) is 7.80. The van der Waals surface area contributed by atoms with Crippen molar-refractivity contribution in [2.24, 2.45) is 0 Å². The van der Waals surface area contributed by atoms with E-state index in [2.05, 4.69) is 186 Å². The third kappa shape index (κ3) is 5.87. The van der Waals surface area contributed by atoms with E-state index in [9.17, 15) is 0 Å². The second kappa shape index (κ2) is 11.4. The number of nitrogens with zero attached hydrogens (tertiary/aromatic N) is 1. The highest BCUT2D eigenvalue weighted by atomic mass is 16.5. The minimum Gasteiger partial charge on any atom is -0.458 e. The van der Waals surface area contributed by atoms with E-state index in [1.807, 2.05) is 0 Å². The SMILES string of the molecule is Cc1cc2c3c(c1)N(c1ccc(C(C)(C)C)cc1-c1cccc(C(C)(C)C)c1)c1cc(C(C)(C)C)ccc1B3c1cc(C(C)(C)C)ccc1O2. The fourth-order valence-corrected chi connectivity index (χ4v) is 7.66. The van der Waals surface area contributed by atoms with Gasteiger partial charge in [-0.15, -0.1) is 0 Å². The van der Waals surface area contributed by atoms with E-state index in [0.717, 1.165) is 11.5 Å². The molecule has 256 valence electrons. The van der Waals surface area contributed by atoms with Gasteiger partial charge in [0.15, 0.2) is 0 Å². The first-order valence-electron chi connectivity index (χ1n) is 18.4. The molecule has 5 aromatic carbocycles. The van der Waals surface area contributed by atoms with E-state index in [4.69, 9.17) is 4.74 Å². The van der Waals surface area contributed by atoms with Gasteiger partial charge in [-0.1, -0.05) is 138 Å². The largest absolute Gasteiger partial charge is 0.458 e. The van der Waals surface area contributed by atoms with Crippen molar-refractivity contribution in [3.8, 4) is 22.6 Å². The molecule has 0 radical (unpaired) electrons. The zero-order chi connectivity index (χ0) is 36.1. The van der Waals surface area contributed by atoms with Crippen LogP contribution in [0.4, 0.5) is 17.1 Å². The van der Waals surface area contributed by atoms with Gasteiger partial charge in [-0.3, -0.25) is 0 Å². The third-order valence-electron chi connectivity index (χ3n) is 10.8. The van der Waals surface area contributed by atoms with E-state index in [-0.39, 0.29) is 28.4 Å². The average molecular weight is 660 g/mol. The van der Waals surface area contributed by atoms with Gasteiger partial charge in [0.25, 0.3) is 6.71 Å². The lowest BCUT2D eigenvalue weighted by Gasteiger charge is -2.42. The Labute approximate surface area is 302 Å².